The Balaban J connectivity index is 1.81. The summed E-state index contributed by atoms with van der Waals surface area (Å²) < 4.78 is 37.5. The van der Waals surface area contributed by atoms with Crippen molar-refractivity contribution in [3.8, 4) is 11.5 Å². The smallest absolute Gasteiger partial charge is 0.360 e. The number of benzene rings is 2. The van der Waals surface area contributed by atoms with Crippen LogP contribution >= 0.6 is 11.8 Å². The van der Waals surface area contributed by atoms with Crippen molar-refractivity contribution >= 4 is 23.4 Å². The van der Waals surface area contributed by atoms with E-state index >= 15 is 0 Å². The van der Waals surface area contributed by atoms with Crippen LogP contribution in [0.15, 0.2) is 57.3 Å². The highest BCUT2D eigenvalue weighted by Gasteiger charge is 2.20. The second-order valence-electron chi connectivity index (χ2n) is 5.53. The fourth-order valence-electron chi connectivity index (χ4n) is 2.45. The maximum Gasteiger partial charge on any atom is 0.360 e. The first-order chi connectivity index (χ1) is 14.0. The molecule has 0 bridgehead atoms. The predicted molar refractivity (Wildman–Crippen MR) is 101 cm³/mol. The van der Waals surface area contributed by atoms with Crippen LogP contribution in [0.3, 0.4) is 0 Å². The maximum absolute atomic E-state index is 13.9. The molecule has 0 amide bonds. The van der Waals surface area contributed by atoms with E-state index in [2.05, 4.69) is 15.4 Å². The molecule has 3 rings (SSSR count). The van der Waals surface area contributed by atoms with Gasteiger partial charge < -0.3 is 14.0 Å². The van der Waals surface area contributed by atoms with E-state index in [4.69, 9.17) is 14.0 Å². The van der Waals surface area contributed by atoms with E-state index in [0.717, 1.165) is 23.4 Å². The lowest BCUT2D eigenvalue weighted by Gasteiger charge is -2.09. The average Bonchev–Trinajstić information content (AvgIpc) is 3.21. The molecular weight excluding hydrogens is 404 g/mol. The molecule has 0 aliphatic carbocycles. The number of hydrogen-bond donors (Lipinski definition) is 0. The minimum atomic E-state index is -1.06. The summed E-state index contributed by atoms with van der Waals surface area (Å²) in [5.74, 6) is -2.50. The Kier molecular flexibility index (Phi) is 6.55. The van der Waals surface area contributed by atoms with Gasteiger partial charge in [0, 0.05) is 11.3 Å². The SMILES string of the molecule is CO/N=C(/C(=O)OC)c1ccccc1CSc1nnc(-c2cccc(F)c2F)o1. The summed E-state index contributed by atoms with van der Waals surface area (Å²) in [4.78, 5) is 16.7. The molecule has 0 saturated heterocycles. The lowest BCUT2D eigenvalue weighted by Crippen LogP contribution is -2.19. The second kappa shape index (κ2) is 9.28. The third-order valence-electron chi connectivity index (χ3n) is 3.77. The highest BCUT2D eigenvalue weighted by atomic mass is 32.2. The van der Waals surface area contributed by atoms with Crippen LogP contribution in [0.4, 0.5) is 8.78 Å². The predicted octanol–water partition coefficient (Wildman–Crippen LogP) is 3.83. The topological polar surface area (TPSA) is 86.8 Å². The quantitative estimate of drug-likeness (QED) is 0.249. The number of rotatable bonds is 7. The highest BCUT2D eigenvalue weighted by Crippen LogP contribution is 2.29. The van der Waals surface area contributed by atoms with Gasteiger partial charge in [-0.1, -0.05) is 47.2 Å². The molecule has 0 atom stereocenters. The lowest BCUT2D eigenvalue weighted by molar-refractivity contribution is -0.132. The Labute approximate surface area is 168 Å². The molecule has 29 heavy (non-hydrogen) atoms. The number of carbonyl (C=O) groups excluding carboxylic acids is 1. The Morgan fingerprint density at radius 1 is 1.14 bits per heavy atom. The number of oxime groups is 1. The lowest BCUT2D eigenvalue weighted by atomic mass is 10.0. The summed E-state index contributed by atoms with van der Waals surface area (Å²) >= 11 is 1.16. The summed E-state index contributed by atoms with van der Waals surface area (Å²) in [5.41, 5.74) is 1.14. The van der Waals surface area contributed by atoms with Crippen molar-refractivity contribution in [3.63, 3.8) is 0 Å². The van der Waals surface area contributed by atoms with Crippen LogP contribution < -0.4 is 0 Å². The van der Waals surface area contributed by atoms with Gasteiger partial charge in [0.1, 0.15) is 7.11 Å². The van der Waals surface area contributed by atoms with E-state index < -0.39 is 17.6 Å². The molecule has 150 valence electrons. The van der Waals surface area contributed by atoms with E-state index in [-0.39, 0.29) is 22.4 Å². The zero-order valence-corrected chi connectivity index (χ0v) is 16.2. The van der Waals surface area contributed by atoms with E-state index in [1.54, 1.807) is 24.3 Å². The minimum Gasteiger partial charge on any atom is -0.464 e. The molecule has 10 heteroatoms. The average molecular weight is 419 g/mol. The number of nitrogens with zero attached hydrogens (tertiary/aromatic N) is 3. The van der Waals surface area contributed by atoms with Crippen molar-refractivity contribution in [2.75, 3.05) is 14.2 Å². The number of thioether (sulfide) groups is 1. The molecule has 3 aromatic rings. The Morgan fingerprint density at radius 2 is 1.93 bits per heavy atom. The van der Waals surface area contributed by atoms with Crippen molar-refractivity contribution in [2.45, 2.75) is 11.0 Å². The molecular formula is C19H15F2N3O4S. The van der Waals surface area contributed by atoms with Crippen molar-refractivity contribution in [1.82, 2.24) is 10.2 Å². The molecule has 0 unspecified atom stereocenters. The van der Waals surface area contributed by atoms with E-state index in [9.17, 15) is 13.6 Å². The molecule has 0 radical (unpaired) electrons. The van der Waals surface area contributed by atoms with Gasteiger partial charge >= 0.3 is 5.97 Å². The number of methoxy groups -OCH3 is 1. The summed E-state index contributed by atoms with van der Waals surface area (Å²) in [6.07, 6.45) is 0. The molecule has 0 saturated carbocycles. The summed E-state index contributed by atoms with van der Waals surface area (Å²) in [5, 5.41) is 11.5. The van der Waals surface area contributed by atoms with Crippen LogP contribution in [0.2, 0.25) is 0 Å². The molecule has 0 aliphatic rings. The maximum atomic E-state index is 13.9. The number of esters is 1. The second-order valence-corrected chi connectivity index (χ2v) is 6.46. The zero-order valence-electron chi connectivity index (χ0n) is 15.4. The molecule has 0 spiro atoms. The van der Waals surface area contributed by atoms with E-state index in [1.165, 1.54) is 26.4 Å². The molecule has 0 aliphatic heterocycles. The highest BCUT2D eigenvalue weighted by molar-refractivity contribution is 7.98. The molecule has 2 aromatic carbocycles. The number of halogens is 2. The molecule has 1 heterocycles. The van der Waals surface area contributed by atoms with Crippen LogP contribution in [-0.2, 0) is 20.1 Å². The largest absolute Gasteiger partial charge is 0.464 e. The molecule has 7 nitrogen and oxygen atoms in total. The van der Waals surface area contributed by atoms with Gasteiger partial charge in [0.25, 0.3) is 11.1 Å². The van der Waals surface area contributed by atoms with E-state index in [1.807, 2.05) is 0 Å². The van der Waals surface area contributed by atoms with E-state index in [0.29, 0.717) is 11.3 Å². The Morgan fingerprint density at radius 3 is 2.69 bits per heavy atom. The number of aromatic nitrogens is 2. The van der Waals surface area contributed by atoms with Gasteiger partial charge in [0.2, 0.25) is 0 Å². The van der Waals surface area contributed by atoms with Gasteiger partial charge in [-0.2, -0.15) is 0 Å². The first kappa shape index (κ1) is 20.5. The third kappa shape index (κ3) is 4.60. The van der Waals surface area contributed by atoms with Gasteiger partial charge in [-0.3, -0.25) is 0 Å². The number of ether oxygens (including phenoxy) is 1. The van der Waals surface area contributed by atoms with Crippen molar-refractivity contribution in [3.05, 3.63) is 65.2 Å². The third-order valence-corrected chi connectivity index (χ3v) is 4.64. The van der Waals surface area contributed by atoms with Crippen molar-refractivity contribution < 1.29 is 27.6 Å². The molecule has 0 N–H and O–H groups in total. The number of carbonyl (C=O) groups is 1. The van der Waals surface area contributed by atoms with Crippen molar-refractivity contribution in [2.24, 2.45) is 5.16 Å². The normalized spacial score (nSPS) is 11.4. The fraction of sp³-hybridized carbons (Fsp3) is 0.158. The fourth-order valence-corrected chi connectivity index (χ4v) is 3.21. The van der Waals surface area contributed by atoms with Crippen LogP contribution in [0.5, 0.6) is 0 Å². The van der Waals surface area contributed by atoms with Gasteiger partial charge in [-0.15, -0.1) is 10.2 Å². The van der Waals surface area contributed by atoms with Crippen LogP contribution in [0.25, 0.3) is 11.5 Å². The molecule has 0 fully saturated rings. The van der Waals surface area contributed by atoms with Gasteiger partial charge in [-0.05, 0) is 17.7 Å². The molecule has 1 aromatic heterocycles. The summed E-state index contributed by atoms with van der Waals surface area (Å²) in [7, 11) is 2.57. The van der Waals surface area contributed by atoms with Gasteiger partial charge in [0.05, 0.1) is 12.7 Å². The minimum absolute atomic E-state index is 0.0132. The first-order valence-corrected chi connectivity index (χ1v) is 9.22. The first-order valence-electron chi connectivity index (χ1n) is 8.23. The zero-order chi connectivity index (χ0) is 20.8. The number of hydrogen-bond acceptors (Lipinski definition) is 8. The summed E-state index contributed by atoms with van der Waals surface area (Å²) in [6.45, 7) is 0. The van der Waals surface area contributed by atoms with Gasteiger partial charge in [-0.25, -0.2) is 13.6 Å². The monoisotopic (exact) mass is 419 g/mol. The van der Waals surface area contributed by atoms with Crippen LogP contribution in [0.1, 0.15) is 11.1 Å². The van der Waals surface area contributed by atoms with Crippen molar-refractivity contribution in [1.29, 1.82) is 0 Å². The van der Waals surface area contributed by atoms with Crippen LogP contribution in [0, 0.1) is 11.6 Å². The standard InChI is InChI=1S/C19H15F2N3O4S/c1-26-18(25)16(24-27-2)12-7-4-3-6-11(12)10-29-19-23-22-17(28-19)13-8-5-9-14(20)15(13)21/h3-9H,10H2,1-2H3/b24-16+. The Hall–Kier alpha value is -3.27. The summed E-state index contributed by atoms with van der Waals surface area (Å²) in [6, 6.07) is 10.7. The van der Waals surface area contributed by atoms with Gasteiger partial charge in [0.15, 0.2) is 17.3 Å². The van der Waals surface area contributed by atoms with Crippen LogP contribution in [-0.4, -0.2) is 36.1 Å². The Bertz CT molecular complexity index is 1060.